The van der Waals surface area contributed by atoms with Gasteiger partial charge in [-0.3, -0.25) is 9.97 Å². The molecule has 0 saturated carbocycles. The van der Waals surface area contributed by atoms with Crippen molar-refractivity contribution in [1.29, 1.82) is 0 Å². The number of hydrogen-bond acceptors (Lipinski definition) is 2. The van der Waals surface area contributed by atoms with Crippen molar-refractivity contribution in [2.75, 3.05) is 0 Å². The van der Waals surface area contributed by atoms with Crippen LogP contribution in [0.1, 0.15) is 11.3 Å². The number of aromatic nitrogens is 3. The number of nitrogens with zero attached hydrogens (tertiary/aromatic N) is 3. The van der Waals surface area contributed by atoms with E-state index in [2.05, 4.69) is 53.9 Å². The molecule has 0 aliphatic carbocycles. The molecule has 0 aliphatic heterocycles. The van der Waals surface area contributed by atoms with Gasteiger partial charge in [-0.1, -0.05) is 23.7 Å². The Balaban J connectivity index is 1.83. The molecule has 4 heteroatoms. The third-order valence-corrected chi connectivity index (χ3v) is 5.58. The molecular formula is C24H18ClN3. The maximum absolute atomic E-state index is 6.32. The first-order valence-electron chi connectivity index (χ1n) is 9.20. The second-order valence-corrected chi connectivity index (χ2v) is 7.46. The molecule has 5 aromatic rings. The predicted molar refractivity (Wildman–Crippen MR) is 116 cm³/mol. The first-order valence-corrected chi connectivity index (χ1v) is 9.58. The highest BCUT2D eigenvalue weighted by molar-refractivity contribution is 6.31. The molecule has 0 spiro atoms. The van der Waals surface area contributed by atoms with Gasteiger partial charge in [-0.2, -0.15) is 0 Å². The van der Waals surface area contributed by atoms with Crippen molar-refractivity contribution in [2.24, 2.45) is 0 Å². The molecule has 136 valence electrons. The van der Waals surface area contributed by atoms with Gasteiger partial charge in [0.1, 0.15) is 0 Å². The summed E-state index contributed by atoms with van der Waals surface area (Å²) < 4.78 is 2.25. The van der Waals surface area contributed by atoms with E-state index in [1.807, 2.05) is 42.7 Å². The van der Waals surface area contributed by atoms with E-state index in [1.54, 1.807) is 0 Å². The maximum Gasteiger partial charge on any atom is 0.0727 e. The van der Waals surface area contributed by atoms with E-state index in [-0.39, 0.29) is 0 Å². The molecule has 2 aromatic carbocycles. The zero-order valence-corrected chi connectivity index (χ0v) is 16.4. The monoisotopic (exact) mass is 383 g/mol. The first-order chi connectivity index (χ1) is 13.6. The number of halogens is 1. The van der Waals surface area contributed by atoms with Gasteiger partial charge in [0, 0.05) is 34.7 Å². The molecule has 0 aliphatic rings. The average molecular weight is 384 g/mol. The summed E-state index contributed by atoms with van der Waals surface area (Å²) in [7, 11) is 0. The highest BCUT2D eigenvalue weighted by Crippen LogP contribution is 2.33. The van der Waals surface area contributed by atoms with Crippen molar-refractivity contribution in [3.05, 3.63) is 89.5 Å². The minimum atomic E-state index is 0.715. The molecule has 0 amide bonds. The predicted octanol–water partition coefficient (Wildman–Crippen LogP) is 6.51. The Kier molecular flexibility index (Phi) is 3.92. The second-order valence-electron chi connectivity index (χ2n) is 7.03. The molecule has 3 aromatic heterocycles. The van der Waals surface area contributed by atoms with Crippen LogP contribution < -0.4 is 0 Å². The maximum atomic E-state index is 6.32. The highest BCUT2D eigenvalue weighted by atomic mass is 35.5. The van der Waals surface area contributed by atoms with Crippen LogP contribution in [0.4, 0.5) is 0 Å². The van der Waals surface area contributed by atoms with E-state index in [9.17, 15) is 0 Å². The average Bonchev–Trinajstić information content (AvgIpc) is 3.13. The minimum Gasteiger partial charge on any atom is -0.316 e. The summed E-state index contributed by atoms with van der Waals surface area (Å²) >= 11 is 6.32. The molecule has 3 nitrogen and oxygen atoms in total. The smallest absolute Gasteiger partial charge is 0.0727 e. The SMILES string of the molecule is Cc1nc2ccc(Cl)cc2c(-n2ccc3ccc(-c4ccncc4)cc32)c1C. The van der Waals surface area contributed by atoms with Crippen molar-refractivity contribution in [1.82, 2.24) is 14.5 Å². The fourth-order valence-electron chi connectivity index (χ4n) is 3.79. The van der Waals surface area contributed by atoms with E-state index < -0.39 is 0 Å². The van der Waals surface area contributed by atoms with E-state index >= 15 is 0 Å². The molecule has 0 saturated heterocycles. The zero-order valence-electron chi connectivity index (χ0n) is 15.6. The van der Waals surface area contributed by atoms with Gasteiger partial charge >= 0.3 is 0 Å². The van der Waals surface area contributed by atoms with Crippen molar-refractivity contribution in [3.8, 4) is 16.8 Å². The number of hydrogen-bond donors (Lipinski definition) is 0. The van der Waals surface area contributed by atoms with E-state index in [4.69, 9.17) is 16.6 Å². The Morgan fingerprint density at radius 1 is 0.857 bits per heavy atom. The van der Waals surface area contributed by atoms with Gasteiger partial charge in [0.25, 0.3) is 0 Å². The van der Waals surface area contributed by atoms with Gasteiger partial charge in [0.05, 0.1) is 16.7 Å². The van der Waals surface area contributed by atoms with Gasteiger partial charge in [-0.05, 0) is 78.4 Å². The van der Waals surface area contributed by atoms with Gasteiger partial charge in [-0.15, -0.1) is 0 Å². The number of pyridine rings is 2. The third-order valence-electron chi connectivity index (χ3n) is 5.35. The normalized spacial score (nSPS) is 11.4. The van der Waals surface area contributed by atoms with Gasteiger partial charge < -0.3 is 4.57 Å². The van der Waals surface area contributed by atoms with Crippen LogP contribution in [0, 0.1) is 13.8 Å². The Hall–Kier alpha value is -3.17. The van der Waals surface area contributed by atoms with E-state index in [0.29, 0.717) is 5.02 Å². The van der Waals surface area contributed by atoms with Crippen LogP contribution in [-0.2, 0) is 0 Å². The summed E-state index contributed by atoms with van der Waals surface area (Å²) in [4.78, 5) is 8.88. The molecule has 0 radical (unpaired) electrons. The van der Waals surface area contributed by atoms with Gasteiger partial charge in [0.2, 0.25) is 0 Å². The lowest BCUT2D eigenvalue weighted by molar-refractivity contribution is 1.08. The topological polar surface area (TPSA) is 30.7 Å². The standard InChI is InChI=1S/C24H18ClN3/c1-15-16(2)27-22-6-5-20(25)14-21(22)24(15)28-12-9-18-3-4-19(13-23(18)28)17-7-10-26-11-8-17/h3-14H,1-2H3. The molecular weight excluding hydrogens is 366 g/mol. The van der Waals surface area contributed by atoms with Crippen LogP contribution in [0.3, 0.4) is 0 Å². The fourth-order valence-corrected chi connectivity index (χ4v) is 3.96. The van der Waals surface area contributed by atoms with Crippen LogP contribution >= 0.6 is 11.6 Å². The summed E-state index contributed by atoms with van der Waals surface area (Å²) in [6.45, 7) is 4.18. The molecule has 0 atom stereocenters. The van der Waals surface area contributed by atoms with Crippen LogP contribution in [0.25, 0.3) is 38.6 Å². The number of fused-ring (bicyclic) bond motifs is 2. The Bertz CT molecular complexity index is 1340. The Labute approximate surface area is 168 Å². The molecule has 0 bridgehead atoms. The molecule has 0 fully saturated rings. The molecule has 3 heterocycles. The number of benzene rings is 2. The number of aryl methyl sites for hydroxylation is 1. The quantitative estimate of drug-likeness (QED) is 0.348. The molecule has 0 unspecified atom stereocenters. The summed E-state index contributed by atoms with van der Waals surface area (Å²) in [5.41, 5.74) is 7.74. The van der Waals surface area contributed by atoms with Crippen LogP contribution in [0.5, 0.6) is 0 Å². The van der Waals surface area contributed by atoms with E-state index in [0.717, 1.165) is 38.9 Å². The van der Waals surface area contributed by atoms with Crippen molar-refractivity contribution < 1.29 is 0 Å². The Morgan fingerprint density at radius 3 is 2.50 bits per heavy atom. The largest absolute Gasteiger partial charge is 0.316 e. The third kappa shape index (κ3) is 2.67. The summed E-state index contributed by atoms with van der Waals surface area (Å²) in [5, 5.41) is 2.97. The summed E-state index contributed by atoms with van der Waals surface area (Å²) in [6, 6.07) is 18.7. The van der Waals surface area contributed by atoms with Gasteiger partial charge in [-0.25, -0.2) is 0 Å². The zero-order chi connectivity index (χ0) is 19.3. The minimum absolute atomic E-state index is 0.715. The first kappa shape index (κ1) is 17.0. The second kappa shape index (κ2) is 6.47. The molecule has 28 heavy (non-hydrogen) atoms. The van der Waals surface area contributed by atoms with Gasteiger partial charge in [0.15, 0.2) is 0 Å². The summed E-state index contributed by atoms with van der Waals surface area (Å²) in [5.74, 6) is 0. The van der Waals surface area contributed by atoms with Crippen molar-refractivity contribution in [2.45, 2.75) is 13.8 Å². The molecule has 0 N–H and O–H groups in total. The number of rotatable bonds is 2. The van der Waals surface area contributed by atoms with Crippen LogP contribution in [0.15, 0.2) is 73.2 Å². The lowest BCUT2D eigenvalue weighted by Crippen LogP contribution is -2.01. The lowest BCUT2D eigenvalue weighted by atomic mass is 10.0. The molecule has 5 rings (SSSR count). The van der Waals surface area contributed by atoms with Crippen LogP contribution in [0.2, 0.25) is 5.02 Å². The van der Waals surface area contributed by atoms with Crippen LogP contribution in [-0.4, -0.2) is 14.5 Å². The fraction of sp³-hybridized carbons (Fsp3) is 0.0833. The van der Waals surface area contributed by atoms with Crippen molar-refractivity contribution in [3.63, 3.8) is 0 Å². The van der Waals surface area contributed by atoms with Crippen molar-refractivity contribution >= 4 is 33.4 Å². The van der Waals surface area contributed by atoms with E-state index in [1.165, 1.54) is 10.9 Å². The highest BCUT2D eigenvalue weighted by Gasteiger charge is 2.14. The summed E-state index contributed by atoms with van der Waals surface area (Å²) in [6.07, 6.45) is 5.78. The lowest BCUT2D eigenvalue weighted by Gasteiger charge is -2.15. The Morgan fingerprint density at radius 2 is 1.68 bits per heavy atom.